The number of nitro groups is 1. The number of carbonyl (C=O) groups excluding carboxylic acids is 1. The quantitative estimate of drug-likeness (QED) is 0.186. The molecule has 5 rings (SSSR count). The Hall–Kier alpha value is -3.23. The number of thiophene rings is 1. The van der Waals surface area contributed by atoms with Gasteiger partial charge in [0, 0.05) is 41.0 Å². The van der Waals surface area contributed by atoms with E-state index in [0.717, 1.165) is 50.8 Å². The Morgan fingerprint density at radius 1 is 1.18 bits per heavy atom. The first-order valence-electron chi connectivity index (χ1n) is 13.4. The second-order valence-corrected chi connectivity index (χ2v) is 12.9. The molecule has 1 N–H and O–H groups in total. The lowest BCUT2D eigenvalue weighted by Crippen LogP contribution is -2.27. The number of rotatable bonds is 6. The van der Waals surface area contributed by atoms with Crippen LogP contribution in [0.15, 0.2) is 47.5 Å². The molecule has 1 aromatic heterocycles. The Balaban J connectivity index is 1.49. The fourth-order valence-corrected chi connectivity index (χ4v) is 6.88. The molecule has 2 aliphatic rings. The molecule has 7 nitrogen and oxygen atoms in total. The number of fused-ring (bicyclic) bond motifs is 1. The minimum absolute atomic E-state index is 0.0834. The van der Waals surface area contributed by atoms with Crippen LogP contribution in [0.3, 0.4) is 0 Å². The zero-order valence-electron chi connectivity index (χ0n) is 22.5. The van der Waals surface area contributed by atoms with Crippen molar-refractivity contribution < 1.29 is 9.72 Å². The average Bonchev–Trinajstić information content (AvgIpc) is 3.56. The third-order valence-corrected chi connectivity index (χ3v) is 9.19. The minimum Gasteiger partial charge on any atom is -0.366 e. The number of halogens is 1. The number of nitrogens with zero attached hydrogens (tertiary/aromatic N) is 3. The van der Waals surface area contributed by atoms with Crippen molar-refractivity contribution in [1.29, 1.82) is 0 Å². The zero-order chi connectivity index (χ0) is 27.7. The van der Waals surface area contributed by atoms with Gasteiger partial charge in [0.25, 0.3) is 11.6 Å². The van der Waals surface area contributed by atoms with Gasteiger partial charge < -0.3 is 10.2 Å². The summed E-state index contributed by atoms with van der Waals surface area (Å²) in [4.78, 5) is 33.1. The van der Waals surface area contributed by atoms with Crippen molar-refractivity contribution in [2.75, 3.05) is 23.3 Å². The van der Waals surface area contributed by atoms with E-state index in [0.29, 0.717) is 38.4 Å². The van der Waals surface area contributed by atoms with Gasteiger partial charge in [-0.3, -0.25) is 14.9 Å². The lowest BCUT2D eigenvalue weighted by molar-refractivity contribution is -0.384. The number of nitro benzene ring substituents is 1. The van der Waals surface area contributed by atoms with E-state index in [2.05, 4.69) is 31.0 Å². The summed E-state index contributed by atoms with van der Waals surface area (Å²) >= 11 is 7.57. The molecule has 1 saturated heterocycles. The number of aliphatic imine (C=N–C) groups is 1. The van der Waals surface area contributed by atoms with Crippen LogP contribution < -0.4 is 10.2 Å². The van der Waals surface area contributed by atoms with E-state index in [1.54, 1.807) is 47.9 Å². The van der Waals surface area contributed by atoms with Crippen molar-refractivity contribution >= 4 is 57.1 Å². The maximum atomic E-state index is 13.6. The second kappa shape index (κ2) is 11.1. The fraction of sp³-hybridized carbons (Fsp3) is 0.400. The van der Waals surface area contributed by atoms with Gasteiger partial charge in [0.15, 0.2) is 0 Å². The fourth-order valence-electron chi connectivity index (χ4n) is 5.49. The lowest BCUT2D eigenvalue weighted by atomic mass is 9.72. The predicted molar refractivity (Wildman–Crippen MR) is 160 cm³/mol. The van der Waals surface area contributed by atoms with Crippen LogP contribution in [0.4, 0.5) is 22.1 Å². The van der Waals surface area contributed by atoms with E-state index in [4.69, 9.17) is 16.6 Å². The average molecular weight is 565 g/mol. The number of hydrogen-bond donors (Lipinski definition) is 1. The zero-order valence-corrected chi connectivity index (χ0v) is 24.1. The molecular formula is C30H33ClN4O3S. The summed E-state index contributed by atoms with van der Waals surface area (Å²) in [7, 11) is 0. The van der Waals surface area contributed by atoms with Gasteiger partial charge in [-0.15, -0.1) is 11.3 Å². The normalized spacial score (nSPS) is 17.4. The molecule has 0 saturated carbocycles. The summed E-state index contributed by atoms with van der Waals surface area (Å²) < 4.78 is 0. The molecule has 3 aromatic rings. The van der Waals surface area contributed by atoms with Gasteiger partial charge in [-0.05, 0) is 84.9 Å². The van der Waals surface area contributed by atoms with Crippen LogP contribution in [0.25, 0.3) is 0 Å². The predicted octanol–water partition coefficient (Wildman–Crippen LogP) is 8.06. The van der Waals surface area contributed by atoms with E-state index in [1.807, 2.05) is 12.1 Å². The second-order valence-electron chi connectivity index (χ2n) is 11.4. The van der Waals surface area contributed by atoms with Crippen LogP contribution in [-0.2, 0) is 12.8 Å². The van der Waals surface area contributed by atoms with Crippen LogP contribution in [0, 0.1) is 21.4 Å². The molecular weight excluding hydrogens is 532 g/mol. The SMILES string of the molecule is CC(C)(C)[C@H]1CCc2c(sc(N=Cc3ccc(N4CCCC4)c([N+](=O)[O-])c3)c2C(=O)Nc2ccc(Cl)cc2)C1. The molecule has 0 unspecified atom stereocenters. The largest absolute Gasteiger partial charge is 0.366 e. The first-order valence-corrected chi connectivity index (χ1v) is 14.6. The number of carbonyl (C=O) groups is 1. The van der Waals surface area contributed by atoms with E-state index in [1.165, 1.54) is 4.88 Å². The highest BCUT2D eigenvalue weighted by molar-refractivity contribution is 7.16. The van der Waals surface area contributed by atoms with Crippen LogP contribution in [0.5, 0.6) is 0 Å². The Kier molecular flexibility index (Phi) is 7.78. The molecule has 1 atom stereocenters. The first kappa shape index (κ1) is 27.3. The number of amides is 1. The van der Waals surface area contributed by atoms with Gasteiger partial charge in [-0.2, -0.15) is 0 Å². The number of anilines is 2. The third kappa shape index (κ3) is 6.02. The summed E-state index contributed by atoms with van der Waals surface area (Å²) in [5, 5.41) is 16.1. The molecule has 1 aliphatic heterocycles. The van der Waals surface area contributed by atoms with E-state index >= 15 is 0 Å². The van der Waals surface area contributed by atoms with Crippen LogP contribution >= 0.6 is 22.9 Å². The monoisotopic (exact) mass is 564 g/mol. The maximum Gasteiger partial charge on any atom is 0.293 e. The first-order chi connectivity index (χ1) is 18.6. The molecule has 2 heterocycles. The van der Waals surface area contributed by atoms with Crippen molar-refractivity contribution in [3.8, 4) is 0 Å². The van der Waals surface area contributed by atoms with E-state index in [9.17, 15) is 14.9 Å². The summed E-state index contributed by atoms with van der Waals surface area (Å²) in [6.07, 6.45) is 6.47. The van der Waals surface area contributed by atoms with Crippen molar-refractivity contribution in [3.63, 3.8) is 0 Å². The number of nitrogens with one attached hydrogen (secondary N) is 1. The van der Waals surface area contributed by atoms with Gasteiger partial charge in [0.1, 0.15) is 10.7 Å². The van der Waals surface area contributed by atoms with Gasteiger partial charge in [-0.1, -0.05) is 38.4 Å². The number of benzene rings is 2. The topological polar surface area (TPSA) is 87.8 Å². The Bertz CT molecular complexity index is 1420. The van der Waals surface area contributed by atoms with Crippen molar-refractivity contribution in [3.05, 3.63) is 79.2 Å². The summed E-state index contributed by atoms with van der Waals surface area (Å²) in [6, 6.07) is 12.3. The highest BCUT2D eigenvalue weighted by Crippen LogP contribution is 2.45. The molecule has 1 aliphatic carbocycles. The van der Waals surface area contributed by atoms with E-state index in [-0.39, 0.29) is 21.9 Å². The van der Waals surface area contributed by atoms with Crippen LogP contribution in [0.1, 0.15) is 66.4 Å². The van der Waals surface area contributed by atoms with Gasteiger partial charge in [0.05, 0.1) is 10.5 Å². The maximum absolute atomic E-state index is 13.6. The van der Waals surface area contributed by atoms with E-state index < -0.39 is 0 Å². The van der Waals surface area contributed by atoms with Gasteiger partial charge >= 0.3 is 0 Å². The molecule has 2 aromatic carbocycles. The Labute approximate surface area is 238 Å². The molecule has 204 valence electrons. The van der Waals surface area contributed by atoms with Crippen molar-refractivity contribution in [1.82, 2.24) is 0 Å². The van der Waals surface area contributed by atoms with Crippen LogP contribution in [-0.4, -0.2) is 30.1 Å². The standard InChI is InChI=1S/C30H33ClN4O3S/c1-30(2,3)20-7-12-23-26(17-20)39-29(27(23)28(36)33-22-10-8-21(31)9-11-22)32-18-19-6-13-24(25(16-19)35(37)38)34-14-4-5-15-34/h6,8-11,13,16,18,20H,4-5,7,12,14-15,17H2,1-3H3,(H,33,36)/t20-/m0/s1. The van der Waals surface area contributed by atoms with Crippen LogP contribution in [0.2, 0.25) is 5.02 Å². The lowest BCUT2D eigenvalue weighted by Gasteiger charge is -2.33. The minimum atomic E-state index is -0.327. The third-order valence-electron chi connectivity index (χ3n) is 7.77. The van der Waals surface area contributed by atoms with Gasteiger partial charge in [0.2, 0.25) is 0 Å². The molecule has 0 bridgehead atoms. The van der Waals surface area contributed by atoms with Crippen molar-refractivity contribution in [2.24, 2.45) is 16.3 Å². The Morgan fingerprint density at radius 3 is 2.56 bits per heavy atom. The molecule has 1 fully saturated rings. The Morgan fingerprint density at radius 2 is 1.90 bits per heavy atom. The highest BCUT2D eigenvalue weighted by atomic mass is 35.5. The molecule has 0 radical (unpaired) electrons. The molecule has 1 amide bonds. The molecule has 39 heavy (non-hydrogen) atoms. The van der Waals surface area contributed by atoms with Gasteiger partial charge in [-0.25, -0.2) is 4.99 Å². The molecule has 9 heteroatoms. The van der Waals surface area contributed by atoms with Crippen molar-refractivity contribution in [2.45, 2.75) is 52.9 Å². The summed E-state index contributed by atoms with van der Waals surface area (Å²) in [5.74, 6) is 0.319. The molecule has 0 spiro atoms. The summed E-state index contributed by atoms with van der Waals surface area (Å²) in [5.41, 5.74) is 3.86. The highest BCUT2D eigenvalue weighted by Gasteiger charge is 2.34. The smallest absolute Gasteiger partial charge is 0.293 e. The number of hydrogen-bond acceptors (Lipinski definition) is 6. The summed E-state index contributed by atoms with van der Waals surface area (Å²) in [6.45, 7) is 8.46.